The van der Waals surface area contributed by atoms with E-state index in [2.05, 4.69) is 18.8 Å². The van der Waals surface area contributed by atoms with E-state index in [9.17, 15) is 0 Å². The van der Waals surface area contributed by atoms with Crippen molar-refractivity contribution in [1.29, 1.82) is 5.41 Å². The van der Waals surface area contributed by atoms with Crippen molar-refractivity contribution in [3.63, 3.8) is 0 Å². The highest BCUT2D eigenvalue weighted by atomic mass is 16.5. The van der Waals surface area contributed by atoms with Gasteiger partial charge in [-0.3, -0.25) is 10.4 Å². The highest BCUT2D eigenvalue weighted by molar-refractivity contribution is 5.98. The number of hydrogen-bond acceptors (Lipinski definition) is 3. The third-order valence-electron chi connectivity index (χ3n) is 3.32. The molecule has 110 valence electrons. The molecule has 3 N–H and O–H groups in total. The molecule has 0 aliphatic rings. The van der Waals surface area contributed by atoms with Gasteiger partial charge in [0.1, 0.15) is 17.3 Å². The highest BCUT2D eigenvalue weighted by Crippen LogP contribution is 2.32. The first kappa shape index (κ1) is 15.0. The Morgan fingerprint density at radius 2 is 1.86 bits per heavy atom. The standard InChI is InChI=1S/C17H21N3O/c1-10(2)13-7-5-6-8-14(13)21-15-9-11(3)20-12(4)16(15)17(18)19/h5-10H,1-4H3,(H3,18,19). The zero-order valence-corrected chi connectivity index (χ0v) is 12.9. The normalized spacial score (nSPS) is 10.7. The van der Waals surface area contributed by atoms with Gasteiger partial charge < -0.3 is 10.5 Å². The van der Waals surface area contributed by atoms with Crippen LogP contribution in [0.15, 0.2) is 30.3 Å². The Morgan fingerprint density at radius 1 is 1.19 bits per heavy atom. The summed E-state index contributed by atoms with van der Waals surface area (Å²) in [6.07, 6.45) is 0. The van der Waals surface area contributed by atoms with E-state index in [-0.39, 0.29) is 5.84 Å². The Morgan fingerprint density at radius 3 is 2.48 bits per heavy atom. The molecular formula is C17H21N3O. The lowest BCUT2D eigenvalue weighted by Gasteiger charge is -2.17. The van der Waals surface area contributed by atoms with Crippen LogP contribution in [0.3, 0.4) is 0 Å². The van der Waals surface area contributed by atoms with Crippen LogP contribution in [0.25, 0.3) is 0 Å². The Hall–Kier alpha value is -2.36. The number of aryl methyl sites for hydroxylation is 2. The molecule has 0 saturated carbocycles. The van der Waals surface area contributed by atoms with Crippen LogP contribution >= 0.6 is 0 Å². The summed E-state index contributed by atoms with van der Waals surface area (Å²) in [7, 11) is 0. The minimum absolute atomic E-state index is 0.0305. The minimum atomic E-state index is -0.0305. The van der Waals surface area contributed by atoms with Crippen LogP contribution in [0.5, 0.6) is 11.5 Å². The van der Waals surface area contributed by atoms with Gasteiger partial charge in [-0.1, -0.05) is 32.0 Å². The molecule has 0 aliphatic heterocycles. The van der Waals surface area contributed by atoms with Crippen molar-refractivity contribution < 1.29 is 4.74 Å². The summed E-state index contributed by atoms with van der Waals surface area (Å²) in [5.74, 6) is 1.70. The molecule has 0 atom stereocenters. The summed E-state index contributed by atoms with van der Waals surface area (Å²) < 4.78 is 6.06. The number of nitrogens with one attached hydrogen (secondary N) is 1. The molecule has 4 heteroatoms. The molecule has 21 heavy (non-hydrogen) atoms. The van der Waals surface area contributed by atoms with Crippen molar-refractivity contribution >= 4 is 5.84 Å². The average Bonchev–Trinajstić information content (AvgIpc) is 2.37. The second kappa shape index (κ2) is 5.95. The lowest BCUT2D eigenvalue weighted by atomic mass is 10.0. The highest BCUT2D eigenvalue weighted by Gasteiger charge is 2.15. The van der Waals surface area contributed by atoms with E-state index in [4.69, 9.17) is 15.9 Å². The van der Waals surface area contributed by atoms with E-state index in [0.29, 0.717) is 22.9 Å². The zero-order valence-electron chi connectivity index (χ0n) is 12.9. The Labute approximate surface area is 125 Å². The first-order valence-electron chi connectivity index (χ1n) is 6.99. The van der Waals surface area contributed by atoms with Gasteiger partial charge in [-0.15, -0.1) is 0 Å². The number of pyridine rings is 1. The molecule has 1 aromatic carbocycles. The maximum atomic E-state index is 7.75. The Bertz CT molecular complexity index is 678. The number of aromatic nitrogens is 1. The number of hydrogen-bond donors (Lipinski definition) is 2. The molecule has 0 saturated heterocycles. The van der Waals surface area contributed by atoms with Gasteiger partial charge >= 0.3 is 0 Å². The van der Waals surface area contributed by atoms with E-state index in [0.717, 1.165) is 17.0 Å². The van der Waals surface area contributed by atoms with Crippen LogP contribution in [0.4, 0.5) is 0 Å². The number of nitrogens with zero attached hydrogens (tertiary/aromatic N) is 1. The molecule has 0 fully saturated rings. The smallest absolute Gasteiger partial charge is 0.141 e. The van der Waals surface area contributed by atoms with Gasteiger partial charge in [0.05, 0.1) is 11.3 Å². The SMILES string of the molecule is Cc1cc(Oc2ccccc2C(C)C)c(C(=N)N)c(C)n1. The maximum absolute atomic E-state index is 7.75. The lowest BCUT2D eigenvalue weighted by molar-refractivity contribution is 0.470. The molecule has 1 heterocycles. The van der Waals surface area contributed by atoms with Crippen molar-refractivity contribution in [3.8, 4) is 11.5 Å². The van der Waals surface area contributed by atoms with E-state index in [1.165, 1.54) is 0 Å². The topological polar surface area (TPSA) is 72.0 Å². The zero-order chi connectivity index (χ0) is 15.6. The molecule has 0 spiro atoms. The molecular weight excluding hydrogens is 262 g/mol. The summed E-state index contributed by atoms with van der Waals surface area (Å²) in [6.45, 7) is 7.98. The van der Waals surface area contributed by atoms with E-state index in [1.807, 2.05) is 44.2 Å². The van der Waals surface area contributed by atoms with Gasteiger partial charge in [0, 0.05) is 11.8 Å². The fourth-order valence-corrected chi connectivity index (χ4v) is 2.37. The van der Waals surface area contributed by atoms with E-state index in [1.54, 1.807) is 0 Å². The van der Waals surface area contributed by atoms with Gasteiger partial charge in [-0.05, 0) is 31.4 Å². The maximum Gasteiger partial charge on any atom is 0.141 e. The van der Waals surface area contributed by atoms with Gasteiger partial charge in [0.15, 0.2) is 0 Å². The Kier molecular flexibility index (Phi) is 4.26. The van der Waals surface area contributed by atoms with Crippen molar-refractivity contribution in [2.45, 2.75) is 33.6 Å². The van der Waals surface area contributed by atoms with Crippen LogP contribution in [-0.4, -0.2) is 10.8 Å². The summed E-state index contributed by atoms with van der Waals surface area (Å²) >= 11 is 0. The average molecular weight is 283 g/mol. The number of para-hydroxylation sites is 1. The first-order chi connectivity index (χ1) is 9.90. The molecule has 0 aliphatic carbocycles. The Balaban J connectivity index is 2.52. The number of ether oxygens (including phenoxy) is 1. The van der Waals surface area contributed by atoms with Crippen LogP contribution in [0.2, 0.25) is 0 Å². The molecule has 0 radical (unpaired) electrons. The van der Waals surface area contributed by atoms with E-state index < -0.39 is 0 Å². The molecule has 0 amide bonds. The van der Waals surface area contributed by atoms with Gasteiger partial charge in [-0.25, -0.2) is 0 Å². The van der Waals surface area contributed by atoms with Crippen LogP contribution in [-0.2, 0) is 0 Å². The number of benzene rings is 1. The van der Waals surface area contributed by atoms with Gasteiger partial charge in [-0.2, -0.15) is 0 Å². The number of nitrogens with two attached hydrogens (primary N) is 1. The third kappa shape index (κ3) is 3.21. The van der Waals surface area contributed by atoms with Gasteiger partial charge in [0.2, 0.25) is 0 Å². The molecule has 2 aromatic rings. The lowest BCUT2D eigenvalue weighted by Crippen LogP contribution is -2.15. The number of nitrogen functional groups attached to an aromatic ring is 1. The van der Waals surface area contributed by atoms with Crippen LogP contribution in [0.1, 0.15) is 42.3 Å². The first-order valence-corrected chi connectivity index (χ1v) is 6.99. The predicted octanol–water partition coefficient (Wildman–Crippen LogP) is 3.90. The van der Waals surface area contributed by atoms with Crippen molar-refractivity contribution in [2.75, 3.05) is 0 Å². The molecule has 0 bridgehead atoms. The minimum Gasteiger partial charge on any atom is -0.456 e. The summed E-state index contributed by atoms with van der Waals surface area (Å²) in [6, 6.07) is 9.74. The van der Waals surface area contributed by atoms with Crippen molar-refractivity contribution in [1.82, 2.24) is 4.98 Å². The molecule has 1 aromatic heterocycles. The van der Waals surface area contributed by atoms with Gasteiger partial charge in [0.25, 0.3) is 0 Å². The number of amidine groups is 1. The summed E-state index contributed by atoms with van der Waals surface area (Å²) in [4.78, 5) is 4.35. The van der Waals surface area contributed by atoms with Crippen molar-refractivity contribution in [2.24, 2.45) is 5.73 Å². The molecule has 2 rings (SSSR count). The summed E-state index contributed by atoms with van der Waals surface area (Å²) in [5.41, 5.74) is 8.91. The third-order valence-corrected chi connectivity index (χ3v) is 3.32. The largest absolute Gasteiger partial charge is 0.456 e. The fourth-order valence-electron chi connectivity index (χ4n) is 2.37. The van der Waals surface area contributed by atoms with Crippen molar-refractivity contribution in [3.05, 3.63) is 52.8 Å². The second-order valence-corrected chi connectivity index (χ2v) is 5.43. The van der Waals surface area contributed by atoms with E-state index >= 15 is 0 Å². The second-order valence-electron chi connectivity index (χ2n) is 5.43. The summed E-state index contributed by atoms with van der Waals surface area (Å²) in [5, 5.41) is 7.75. The van der Waals surface area contributed by atoms with Crippen LogP contribution in [0, 0.1) is 19.3 Å². The predicted molar refractivity (Wildman–Crippen MR) is 85.3 cm³/mol. The monoisotopic (exact) mass is 283 g/mol. The fraction of sp³-hybridized carbons (Fsp3) is 0.294. The molecule has 4 nitrogen and oxygen atoms in total. The van der Waals surface area contributed by atoms with Crippen LogP contribution < -0.4 is 10.5 Å². The number of rotatable bonds is 4. The molecule has 0 unspecified atom stereocenters. The quantitative estimate of drug-likeness (QED) is 0.660.